The minimum absolute atomic E-state index is 0.279. The number of rotatable bonds is 7. The number of benzene rings is 1. The minimum atomic E-state index is -3.23. The molecule has 0 atom stereocenters. The number of hydrogen-bond donors (Lipinski definition) is 0. The molecule has 1 fully saturated rings. The molecule has 1 heterocycles. The van der Waals surface area contributed by atoms with Gasteiger partial charge in [0.25, 0.3) is 5.91 Å². The third kappa shape index (κ3) is 6.20. The van der Waals surface area contributed by atoms with Crippen LogP contribution in [0.3, 0.4) is 0 Å². The average molecular weight is 412 g/mol. The lowest BCUT2D eigenvalue weighted by Crippen LogP contribution is -2.40. The zero-order valence-electron chi connectivity index (χ0n) is 16.9. The van der Waals surface area contributed by atoms with E-state index in [9.17, 15) is 18.0 Å². The third-order valence-corrected chi connectivity index (χ3v) is 6.20. The summed E-state index contributed by atoms with van der Waals surface area (Å²) in [4.78, 5) is 27.9. The Kier molecular flexibility index (Phi) is 7.42. The Morgan fingerprint density at radius 3 is 2.18 bits per heavy atom. The van der Waals surface area contributed by atoms with Gasteiger partial charge in [0.05, 0.1) is 12.2 Å². The summed E-state index contributed by atoms with van der Waals surface area (Å²) in [6.07, 6.45) is 1.98. The van der Waals surface area contributed by atoms with Gasteiger partial charge in [0.1, 0.15) is 0 Å². The van der Waals surface area contributed by atoms with E-state index in [0.717, 1.165) is 17.5 Å². The maximum absolute atomic E-state index is 12.2. The number of hydrogen-bond acceptors (Lipinski definition) is 6. The maximum Gasteiger partial charge on any atom is 0.309 e. The van der Waals surface area contributed by atoms with Gasteiger partial charge in [-0.1, -0.05) is 12.1 Å². The standard InChI is InChI=1S/C19H29N3O5S/c1-20(2)17-7-5-15(6-8-17)13-21(3)18(23)14-27-19(24)16-9-11-22(12-10-16)28(4,25)26/h5-8,16H,9-14H2,1-4H3. The van der Waals surface area contributed by atoms with Gasteiger partial charge in [0.2, 0.25) is 10.0 Å². The molecule has 0 unspecified atom stereocenters. The Hall–Kier alpha value is -2.13. The van der Waals surface area contributed by atoms with Crippen LogP contribution in [0.2, 0.25) is 0 Å². The molecule has 1 aromatic carbocycles. The van der Waals surface area contributed by atoms with Gasteiger partial charge in [0, 0.05) is 46.5 Å². The van der Waals surface area contributed by atoms with E-state index in [2.05, 4.69) is 0 Å². The smallest absolute Gasteiger partial charge is 0.309 e. The van der Waals surface area contributed by atoms with E-state index in [-0.39, 0.29) is 18.4 Å². The SMILES string of the molecule is CN(Cc1ccc(N(C)C)cc1)C(=O)COC(=O)C1CCN(S(C)(=O)=O)CC1. The minimum Gasteiger partial charge on any atom is -0.455 e. The fourth-order valence-corrected chi connectivity index (χ4v) is 3.92. The molecular weight excluding hydrogens is 382 g/mol. The molecule has 1 amide bonds. The van der Waals surface area contributed by atoms with Crippen molar-refractivity contribution in [3.05, 3.63) is 29.8 Å². The third-order valence-electron chi connectivity index (χ3n) is 4.89. The van der Waals surface area contributed by atoms with Crippen molar-refractivity contribution in [3.63, 3.8) is 0 Å². The van der Waals surface area contributed by atoms with E-state index in [4.69, 9.17) is 4.74 Å². The van der Waals surface area contributed by atoms with Gasteiger partial charge in [-0.15, -0.1) is 0 Å². The summed E-state index contributed by atoms with van der Waals surface area (Å²) in [6.45, 7) is 0.721. The first-order valence-electron chi connectivity index (χ1n) is 9.20. The number of piperidine rings is 1. The molecule has 1 aromatic rings. The van der Waals surface area contributed by atoms with Crippen molar-refractivity contribution in [2.24, 2.45) is 5.92 Å². The molecule has 0 saturated carbocycles. The summed E-state index contributed by atoms with van der Waals surface area (Å²) in [5.74, 6) is -1.08. The van der Waals surface area contributed by atoms with Crippen LogP contribution in [0.25, 0.3) is 0 Å². The highest BCUT2D eigenvalue weighted by atomic mass is 32.2. The second-order valence-corrected chi connectivity index (χ2v) is 9.34. The van der Waals surface area contributed by atoms with Gasteiger partial charge >= 0.3 is 5.97 Å². The van der Waals surface area contributed by atoms with E-state index in [1.807, 2.05) is 43.3 Å². The maximum atomic E-state index is 12.2. The van der Waals surface area contributed by atoms with E-state index in [1.54, 1.807) is 7.05 Å². The van der Waals surface area contributed by atoms with Crippen LogP contribution in [0.4, 0.5) is 5.69 Å². The van der Waals surface area contributed by atoms with Gasteiger partial charge in [-0.05, 0) is 30.5 Å². The number of carbonyl (C=O) groups is 2. The molecule has 0 bridgehead atoms. The van der Waals surface area contributed by atoms with E-state index < -0.39 is 16.0 Å². The molecule has 156 valence electrons. The van der Waals surface area contributed by atoms with Gasteiger partial charge in [-0.3, -0.25) is 9.59 Å². The summed E-state index contributed by atoms with van der Waals surface area (Å²) in [6, 6.07) is 7.88. The summed E-state index contributed by atoms with van der Waals surface area (Å²) < 4.78 is 29.6. The summed E-state index contributed by atoms with van der Waals surface area (Å²) in [5, 5.41) is 0. The molecule has 2 rings (SSSR count). The number of carbonyl (C=O) groups excluding carboxylic acids is 2. The Balaban J connectivity index is 1.77. The van der Waals surface area contributed by atoms with Crippen molar-refractivity contribution in [3.8, 4) is 0 Å². The number of anilines is 1. The van der Waals surface area contributed by atoms with Crippen molar-refractivity contribution in [1.29, 1.82) is 0 Å². The fraction of sp³-hybridized carbons (Fsp3) is 0.579. The largest absolute Gasteiger partial charge is 0.455 e. The molecule has 0 aromatic heterocycles. The molecule has 9 heteroatoms. The van der Waals surface area contributed by atoms with Crippen molar-refractivity contribution in [2.45, 2.75) is 19.4 Å². The monoisotopic (exact) mass is 411 g/mol. The lowest BCUT2D eigenvalue weighted by atomic mass is 9.98. The second-order valence-electron chi connectivity index (χ2n) is 7.35. The Labute approximate surface area is 167 Å². The first kappa shape index (κ1) is 22.2. The van der Waals surface area contributed by atoms with Crippen LogP contribution in [0.1, 0.15) is 18.4 Å². The molecule has 0 spiro atoms. The number of esters is 1. The number of amides is 1. The topological polar surface area (TPSA) is 87.2 Å². The van der Waals surface area contributed by atoms with Crippen LogP contribution in [-0.2, 0) is 30.9 Å². The second kappa shape index (κ2) is 9.38. The van der Waals surface area contributed by atoms with Crippen molar-refractivity contribution < 1.29 is 22.7 Å². The van der Waals surface area contributed by atoms with E-state index >= 15 is 0 Å². The first-order valence-corrected chi connectivity index (χ1v) is 11.0. The van der Waals surface area contributed by atoms with Crippen LogP contribution in [0, 0.1) is 5.92 Å². The summed E-state index contributed by atoms with van der Waals surface area (Å²) >= 11 is 0. The van der Waals surface area contributed by atoms with Crippen LogP contribution < -0.4 is 4.90 Å². The predicted molar refractivity (Wildman–Crippen MR) is 107 cm³/mol. The first-order chi connectivity index (χ1) is 13.1. The zero-order chi connectivity index (χ0) is 20.9. The summed E-state index contributed by atoms with van der Waals surface area (Å²) in [7, 11) is 2.36. The molecule has 0 N–H and O–H groups in total. The van der Waals surface area contributed by atoms with Crippen LogP contribution in [-0.4, -0.2) is 76.6 Å². The molecule has 28 heavy (non-hydrogen) atoms. The molecule has 1 aliphatic rings. The highest BCUT2D eigenvalue weighted by molar-refractivity contribution is 7.88. The number of nitrogens with zero attached hydrogens (tertiary/aromatic N) is 3. The zero-order valence-corrected chi connectivity index (χ0v) is 17.7. The van der Waals surface area contributed by atoms with Crippen LogP contribution >= 0.6 is 0 Å². The van der Waals surface area contributed by atoms with Crippen molar-refractivity contribution in [2.75, 3.05) is 52.0 Å². The van der Waals surface area contributed by atoms with E-state index in [0.29, 0.717) is 32.5 Å². The van der Waals surface area contributed by atoms with Crippen LogP contribution in [0.5, 0.6) is 0 Å². The lowest BCUT2D eigenvalue weighted by Gasteiger charge is -2.29. The van der Waals surface area contributed by atoms with Crippen molar-refractivity contribution >= 4 is 27.6 Å². The molecule has 1 aliphatic heterocycles. The predicted octanol–water partition coefficient (Wildman–Crippen LogP) is 0.926. The molecule has 1 saturated heterocycles. The molecule has 0 aliphatic carbocycles. The number of ether oxygens (including phenoxy) is 1. The van der Waals surface area contributed by atoms with E-state index in [1.165, 1.54) is 9.21 Å². The number of likely N-dealkylation sites (N-methyl/N-ethyl adjacent to an activating group) is 1. The average Bonchev–Trinajstić information content (AvgIpc) is 2.65. The molecular formula is C19H29N3O5S. The number of sulfonamides is 1. The molecule has 0 radical (unpaired) electrons. The van der Waals surface area contributed by atoms with Gasteiger partial charge in [0.15, 0.2) is 6.61 Å². The Morgan fingerprint density at radius 1 is 1.11 bits per heavy atom. The highest BCUT2D eigenvalue weighted by Gasteiger charge is 2.30. The lowest BCUT2D eigenvalue weighted by molar-refractivity contribution is -0.156. The van der Waals surface area contributed by atoms with Gasteiger partial charge < -0.3 is 14.5 Å². The van der Waals surface area contributed by atoms with Crippen molar-refractivity contribution in [1.82, 2.24) is 9.21 Å². The summed E-state index contributed by atoms with van der Waals surface area (Å²) in [5.41, 5.74) is 2.06. The van der Waals surface area contributed by atoms with Crippen LogP contribution in [0.15, 0.2) is 24.3 Å². The Morgan fingerprint density at radius 2 is 1.68 bits per heavy atom. The van der Waals surface area contributed by atoms with Gasteiger partial charge in [-0.25, -0.2) is 12.7 Å². The Bertz CT molecular complexity index is 784. The van der Waals surface area contributed by atoms with Gasteiger partial charge in [-0.2, -0.15) is 0 Å². The normalized spacial score (nSPS) is 15.9. The molecule has 8 nitrogen and oxygen atoms in total. The highest BCUT2D eigenvalue weighted by Crippen LogP contribution is 2.20. The fourth-order valence-electron chi connectivity index (χ4n) is 3.05. The quantitative estimate of drug-likeness (QED) is 0.620.